The molecule has 1 heterocycles. The average molecular weight is 292 g/mol. The number of benzene rings is 1. The van der Waals surface area contributed by atoms with Gasteiger partial charge in [0.05, 0.1) is 6.10 Å². The SMILES string of the molecule is O=C1CCCN1CC(O)CNC1(c2cccc(F)c2)CC1. The molecule has 2 aliphatic rings. The van der Waals surface area contributed by atoms with Gasteiger partial charge in [-0.25, -0.2) is 4.39 Å². The molecular weight excluding hydrogens is 271 g/mol. The van der Waals surface area contributed by atoms with E-state index in [1.165, 1.54) is 6.07 Å². The minimum Gasteiger partial charge on any atom is -0.390 e. The summed E-state index contributed by atoms with van der Waals surface area (Å²) in [6.45, 7) is 1.54. The Morgan fingerprint density at radius 2 is 2.24 bits per heavy atom. The topological polar surface area (TPSA) is 52.6 Å². The second kappa shape index (κ2) is 5.73. The number of carbonyl (C=O) groups is 1. The van der Waals surface area contributed by atoms with Gasteiger partial charge in [0.25, 0.3) is 0 Å². The predicted molar refractivity (Wildman–Crippen MR) is 77.1 cm³/mol. The normalized spacial score (nSPS) is 21.6. The smallest absolute Gasteiger partial charge is 0.222 e. The van der Waals surface area contributed by atoms with Crippen molar-refractivity contribution in [3.63, 3.8) is 0 Å². The maximum Gasteiger partial charge on any atom is 0.222 e. The van der Waals surface area contributed by atoms with Crippen molar-refractivity contribution in [1.29, 1.82) is 0 Å². The number of β-amino-alcohol motifs (C(OH)–C–C–N with tert-alkyl or cyclic N) is 1. The van der Waals surface area contributed by atoms with Crippen LogP contribution in [0, 0.1) is 5.82 Å². The van der Waals surface area contributed by atoms with Crippen LogP contribution in [0.4, 0.5) is 4.39 Å². The largest absolute Gasteiger partial charge is 0.390 e. The lowest BCUT2D eigenvalue weighted by atomic mass is 10.0. The molecule has 1 aromatic rings. The Balaban J connectivity index is 1.53. The summed E-state index contributed by atoms with van der Waals surface area (Å²) in [7, 11) is 0. The summed E-state index contributed by atoms with van der Waals surface area (Å²) >= 11 is 0. The molecule has 1 aliphatic heterocycles. The highest BCUT2D eigenvalue weighted by Crippen LogP contribution is 2.45. The molecule has 0 spiro atoms. The van der Waals surface area contributed by atoms with Gasteiger partial charge in [-0.1, -0.05) is 12.1 Å². The van der Waals surface area contributed by atoms with Gasteiger partial charge in [-0.05, 0) is 37.0 Å². The molecule has 1 amide bonds. The molecule has 4 nitrogen and oxygen atoms in total. The first-order valence-corrected chi connectivity index (χ1v) is 7.56. The molecule has 2 fully saturated rings. The van der Waals surface area contributed by atoms with Gasteiger partial charge in [0.1, 0.15) is 5.82 Å². The summed E-state index contributed by atoms with van der Waals surface area (Å²) in [4.78, 5) is 13.3. The van der Waals surface area contributed by atoms with E-state index in [1.807, 2.05) is 6.07 Å². The fourth-order valence-corrected chi connectivity index (χ4v) is 3.01. The number of likely N-dealkylation sites (tertiary alicyclic amines) is 1. The highest BCUT2D eigenvalue weighted by atomic mass is 19.1. The quantitative estimate of drug-likeness (QED) is 0.833. The molecule has 1 saturated heterocycles. The number of hydrogen-bond acceptors (Lipinski definition) is 3. The lowest BCUT2D eigenvalue weighted by Crippen LogP contribution is -2.42. The molecule has 1 atom stereocenters. The van der Waals surface area contributed by atoms with Crippen molar-refractivity contribution in [2.24, 2.45) is 0 Å². The number of carbonyl (C=O) groups excluding carboxylic acids is 1. The molecule has 0 aromatic heterocycles. The van der Waals surface area contributed by atoms with Crippen LogP contribution in [0.1, 0.15) is 31.2 Å². The minimum atomic E-state index is -0.585. The third-order valence-corrected chi connectivity index (χ3v) is 4.41. The molecule has 21 heavy (non-hydrogen) atoms. The summed E-state index contributed by atoms with van der Waals surface area (Å²) in [5.74, 6) is -0.107. The zero-order chi connectivity index (χ0) is 14.9. The van der Waals surface area contributed by atoms with Crippen LogP contribution < -0.4 is 5.32 Å². The van der Waals surface area contributed by atoms with E-state index >= 15 is 0 Å². The van der Waals surface area contributed by atoms with Crippen LogP contribution in [0.2, 0.25) is 0 Å². The second-order valence-corrected chi connectivity index (χ2v) is 6.07. The fraction of sp³-hybridized carbons (Fsp3) is 0.562. The van der Waals surface area contributed by atoms with Crippen molar-refractivity contribution in [3.05, 3.63) is 35.6 Å². The van der Waals surface area contributed by atoms with Crippen molar-refractivity contribution in [2.45, 2.75) is 37.3 Å². The first-order chi connectivity index (χ1) is 10.1. The fourth-order valence-electron chi connectivity index (χ4n) is 3.01. The van der Waals surface area contributed by atoms with Crippen molar-refractivity contribution in [1.82, 2.24) is 10.2 Å². The molecular formula is C16H21FN2O2. The van der Waals surface area contributed by atoms with Gasteiger partial charge < -0.3 is 15.3 Å². The molecule has 3 rings (SSSR count). The van der Waals surface area contributed by atoms with Crippen LogP contribution in [0.25, 0.3) is 0 Å². The Morgan fingerprint density at radius 3 is 2.86 bits per heavy atom. The molecule has 1 aliphatic carbocycles. The van der Waals surface area contributed by atoms with Gasteiger partial charge in [-0.3, -0.25) is 4.79 Å². The van der Waals surface area contributed by atoms with E-state index < -0.39 is 6.10 Å². The molecule has 0 radical (unpaired) electrons. The van der Waals surface area contributed by atoms with Gasteiger partial charge >= 0.3 is 0 Å². The van der Waals surface area contributed by atoms with Gasteiger partial charge in [-0.15, -0.1) is 0 Å². The molecule has 1 aromatic carbocycles. The first-order valence-electron chi connectivity index (χ1n) is 7.56. The maximum atomic E-state index is 13.3. The average Bonchev–Trinajstić information content (AvgIpc) is 3.16. The number of aliphatic hydroxyl groups is 1. The summed E-state index contributed by atoms with van der Waals surface area (Å²) in [6, 6.07) is 6.62. The van der Waals surface area contributed by atoms with E-state index in [0.29, 0.717) is 19.5 Å². The number of hydrogen-bond donors (Lipinski definition) is 2. The van der Waals surface area contributed by atoms with Crippen molar-refractivity contribution in [2.75, 3.05) is 19.6 Å². The second-order valence-electron chi connectivity index (χ2n) is 6.07. The van der Waals surface area contributed by atoms with Crippen molar-refractivity contribution < 1.29 is 14.3 Å². The predicted octanol–water partition coefficient (Wildman–Crippen LogP) is 1.39. The Labute approximate surface area is 124 Å². The van der Waals surface area contributed by atoms with Gasteiger partial charge in [0.15, 0.2) is 0 Å². The van der Waals surface area contributed by atoms with E-state index in [4.69, 9.17) is 0 Å². The monoisotopic (exact) mass is 292 g/mol. The number of halogens is 1. The van der Waals surface area contributed by atoms with E-state index in [0.717, 1.165) is 31.4 Å². The van der Waals surface area contributed by atoms with Gasteiger partial charge in [-0.2, -0.15) is 0 Å². The number of rotatable bonds is 6. The first kappa shape index (κ1) is 14.5. The standard InChI is InChI=1S/C16H21FN2O2/c17-13-4-1-3-12(9-13)16(6-7-16)18-10-14(20)11-19-8-2-5-15(19)21/h1,3-4,9,14,18,20H,2,5-8,10-11H2. The van der Waals surface area contributed by atoms with E-state index in [2.05, 4.69) is 5.32 Å². The van der Waals surface area contributed by atoms with Crippen LogP contribution in [-0.2, 0) is 10.3 Å². The third-order valence-electron chi connectivity index (χ3n) is 4.41. The number of nitrogens with one attached hydrogen (secondary N) is 1. The molecule has 2 N–H and O–H groups in total. The van der Waals surface area contributed by atoms with Crippen LogP contribution >= 0.6 is 0 Å². The minimum absolute atomic E-state index is 0.125. The lowest BCUT2D eigenvalue weighted by Gasteiger charge is -2.23. The summed E-state index contributed by atoms with van der Waals surface area (Å²) in [5.41, 5.74) is 0.741. The van der Waals surface area contributed by atoms with E-state index in [-0.39, 0.29) is 17.3 Å². The Bertz CT molecular complexity index is 531. The Kier molecular flexibility index (Phi) is 3.95. The zero-order valence-electron chi connectivity index (χ0n) is 12.0. The molecule has 1 saturated carbocycles. The number of nitrogens with zero attached hydrogens (tertiary/aromatic N) is 1. The van der Waals surface area contributed by atoms with Crippen molar-refractivity contribution >= 4 is 5.91 Å². The maximum absolute atomic E-state index is 13.3. The summed E-state index contributed by atoms with van der Waals surface area (Å²) in [6.07, 6.45) is 2.79. The van der Waals surface area contributed by atoms with Gasteiger partial charge in [0.2, 0.25) is 5.91 Å². The third kappa shape index (κ3) is 3.24. The summed E-state index contributed by atoms with van der Waals surface area (Å²) < 4.78 is 13.3. The lowest BCUT2D eigenvalue weighted by molar-refractivity contribution is -0.128. The Morgan fingerprint density at radius 1 is 1.43 bits per heavy atom. The molecule has 0 bridgehead atoms. The zero-order valence-corrected chi connectivity index (χ0v) is 12.0. The summed E-state index contributed by atoms with van der Waals surface area (Å²) in [5, 5.41) is 13.4. The van der Waals surface area contributed by atoms with E-state index in [9.17, 15) is 14.3 Å². The van der Waals surface area contributed by atoms with Crippen LogP contribution in [0.3, 0.4) is 0 Å². The van der Waals surface area contributed by atoms with Crippen LogP contribution in [0.15, 0.2) is 24.3 Å². The van der Waals surface area contributed by atoms with Gasteiger partial charge in [0, 0.05) is 31.6 Å². The van der Waals surface area contributed by atoms with E-state index in [1.54, 1.807) is 17.0 Å². The van der Waals surface area contributed by atoms with Crippen molar-refractivity contribution in [3.8, 4) is 0 Å². The molecule has 1 unspecified atom stereocenters. The highest BCUT2D eigenvalue weighted by molar-refractivity contribution is 5.78. The highest BCUT2D eigenvalue weighted by Gasteiger charge is 2.44. The van der Waals surface area contributed by atoms with Crippen LogP contribution in [-0.4, -0.2) is 41.7 Å². The number of aliphatic hydroxyl groups excluding tert-OH is 1. The molecule has 5 heteroatoms. The number of amides is 1. The van der Waals surface area contributed by atoms with Crippen LogP contribution in [0.5, 0.6) is 0 Å². The Hall–Kier alpha value is -1.46. The molecule has 114 valence electrons.